The highest BCUT2D eigenvalue weighted by Crippen LogP contribution is 2.24. The lowest BCUT2D eigenvalue weighted by Gasteiger charge is -2.10. The first-order valence-corrected chi connectivity index (χ1v) is 6.76. The Kier molecular flexibility index (Phi) is 3.19. The van der Waals surface area contributed by atoms with E-state index in [9.17, 15) is 0 Å². The van der Waals surface area contributed by atoms with Gasteiger partial charge >= 0.3 is 0 Å². The summed E-state index contributed by atoms with van der Waals surface area (Å²) in [5.74, 6) is 0. The fraction of sp³-hybridized carbons (Fsp3) is 0.286. The summed E-state index contributed by atoms with van der Waals surface area (Å²) in [6, 6.07) is 8.08. The van der Waals surface area contributed by atoms with Gasteiger partial charge in [-0.3, -0.25) is 4.57 Å². The van der Waals surface area contributed by atoms with Crippen LogP contribution in [0.2, 0.25) is 0 Å². The molecule has 0 saturated carbocycles. The normalized spacial score (nSPS) is 11.3. The molecule has 2 heterocycles. The number of benzene rings is 1. The third kappa shape index (κ3) is 1.88. The van der Waals surface area contributed by atoms with E-state index in [1.807, 2.05) is 47.5 Å². The molecular formula is C14H16N4OS. The van der Waals surface area contributed by atoms with Crippen molar-refractivity contribution < 1.29 is 4.74 Å². The van der Waals surface area contributed by atoms with Crippen molar-refractivity contribution in [2.75, 3.05) is 7.11 Å². The van der Waals surface area contributed by atoms with Crippen molar-refractivity contribution in [2.45, 2.75) is 13.5 Å². The maximum Gasteiger partial charge on any atom is 0.184 e. The van der Waals surface area contributed by atoms with Gasteiger partial charge < -0.3 is 9.72 Å². The van der Waals surface area contributed by atoms with Crippen LogP contribution in [0.3, 0.4) is 0 Å². The maximum absolute atomic E-state index is 5.48. The summed E-state index contributed by atoms with van der Waals surface area (Å²) in [6.45, 7) is 2.51. The fourth-order valence-electron chi connectivity index (χ4n) is 2.54. The minimum absolute atomic E-state index is 0.543. The van der Waals surface area contributed by atoms with E-state index in [1.54, 1.807) is 7.11 Å². The van der Waals surface area contributed by atoms with Crippen LogP contribution in [0, 0.1) is 11.7 Å². The number of hydrogen-bond donors (Lipinski definition) is 1. The third-order valence-corrected chi connectivity index (χ3v) is 3.66. The van der Waals surface area contributed by atoms with Crippen molar-refractivity contribution in [3.63, 3.8) is 0 Å². The number of para-hydroxylation sites is 1. The lowest BCUT2D eigenvalue weighted by atomic mass is 10.2. The van der Waals surface area contributed by atoms with Gasteiger partial charge in [0.05, 0.1) is 18.0 Å². The molecule has 20 heavy (non-hydrogen) atoms. The monoisotopic (exact) mass is 288 g/mol. The van der Waals surface area contributed by atoms with Gasteiger partial charge in [0, 0.05) is 19.7 Å². The van der Waals surface area contributed by atoms with Crippen LogP contribution in [-0.2, 0) is 18.4 Å². The first kappa shape index (κ1) is 13.1. The topological polar surface area (TPSA) is 47.8 Å². The van der Waals surface area contributed by atoms with E-state index in [2.05, 4.69) is 10.1 Å². The second-order valence-electron chi connectivity index (χ2n) is 4.73. The molecule has 0 spiro atoms. The molecule has 1 aromatic carbocycles. The summed E-state index contributed by atoms with van der Waals surface area (Å²) >= 11 is 5.48. The quantitative estimate of drug-likeness (QED) is 0.754. The minimum Gasteiger partial charge on any atom is -0.380 e. The second-order valence-corrected chi connectivity index (χ2v) is 5.12. The van der Waals surface area contributed by atoms with Gasteiger partial charge in [0.25, 0.3) is 0 Å². The average molecular weight is 288 g/mol. The molecule has 0 aliphatic carbocycles. The van der Waals surface area contributed by atoms with Crippen LogP contribution in [-0.4, -0.2) is 26.4 Å². The Hall–Kier alpha value is -1.92. The number of nitrogens with one attached hydrogen (secondary N) is 1. The van der Waals surface area contributed by atoms with E-state index in [4.69, 9.17) is 17.0 Å². The number of ether oxygens (including phenoxy) is 1. The Morgan fingerprint density at radius 2 is 2.10 bits per heavy atom. The molecule has 0 unspecified atom stereocenters. The van der Waals surface area contributed by atoms with Crippen LogP contribution in [0.25, 0.3) is 16.9 Å². The summed E-state index contributed by atoms with van der Waals surface area (Å²) < 4.78 is 9.80. The van der Waals surface area contributed by atoms with E-state index in [1.165, 1.54) is 0 Å². The summed E-state index contributed by atoms with van der Waals surface area (Å²) in [5.41, 5.74) is 5.00. The van der Waals surface area contributed by atoms with Crippen molar-refractivity contribution in [1.29, 1.82) is 0 Å². The smallest absolute Gasteiger partial charge is 0.184 e. The molecule has 0 saturated heterocycles. The first-order valence-electron chi connectivity index (χ1n) is 6.35. The molecule has 0 aliphatic heterocycles. The Bertz CT molecular complexity index is 827. The summed E-state index contributed by atoms with van der Waals surface area (Å²) in [6.07, 6.45) is 0. The van der Waals surface area contributed by atoms with Gasteiger partial charge in [-0.05, 0) is 25.2 Å². The number of fused-ring (bicyclic) bond motifs is 1. The van der Waals surface area contributed by atoms with Gasteiger partial charge in [0.1, 0.15) is 5.52 Å². The molecule has 104 valence electrons. The van der Waals surface area contributed by atoms with Crippen molar-refractivity contribution in [1.82, 2.24) is 19.3 Å². The molecule has 3 aromatic rings. The summed E-state index contributed by atoms with van der Waals surface area (Å²) in [5, 5.41) is 4.44. The van der Waals surface area contributed by atoms with Crippen molar-refractivity contribution in [3.05, 3.63) is 40.3 Å². The number of rotatable bonds is 3. The summed E-state index contributed by atoms with van der Waals surface area (Å²) in [4.78, 5) is 3.24. The number of hydrogen-bond acceptors (Lipinski definition) is 3. The molecule has 0 bridgehead atoms. The van der Waals surface area contributed by atoms with Gasteiger partial charge in [-0.15, -0.1) is 0 Å². The third-order valence-electron chi connectivity index (χ3n) is 3.37. The second kappa shape index (κ2) is 4.88. The predicted molar refractivity (Wildman–Crippen MR) is 80.7 cm³/mol. The molecule has 0 fully saturated rings. The van der Waals surface area contributed by atoms with Crippen molar-refractivity contribution in [2.24, 2.45) is 7.05 Å². The van der Waals surface area contributed by atoms with E-state index in [-0.39, 0.29) is 0 Å². The Morgan fingerprint density at radius 1 is 1.35 bits per heavy atom. The van der Waals surface area contributed by atoms with Gasteiger partial charge in [-0.1, -0.05) is 18.2 Å². The van der Waals surface area contributed by atoms with Crippen molar-refractivity contribution in [3.8, 4) is 5.69 Å². The van der Waals surface area contributed by atoms with Crippen LogP contribution >= 0.6 is 12.2 Å². The molecule has 0 amide bonds. The highest BCUT2D eigenvalue weighted by molar-refractivity contribution is 7.71. The lowest BCUT2D eigenvalue weighted by Crippen LogP contribution is -2.04. The molecule has 1 N–H and O–H groups in total. The number of aromatic amines is 1. The van der Waals surface area contributed by atoms with Gasteiger partial charge in [0.15, 0.2) is 10.4 Å². The van der Waals surface area contributed by atoms with Crippen LogP contribution in [0.15, 0.2) is 24.3 Å². The predicted octanol–water partition coefficient (Wildman–Crippen LogP) is 2.88. The van der Waals surface area contributed by atoms with E-state index in [0.29, 0.717) is 11.4 Å². The highest BCUT2D eigenvalue weighted by Gasteiger charge is 2.15. The van der Waals surface area contributed by atoms with Crippen LogP contribution in [0.5, 0.6) is 0 Å². The van der Waals surface area contributed by atoms with E-state index < -0.39 is 0 Å². The number of imidazole rings is 1. The van der Waals surface area contributed by atoms with Crippen LogP contribution < -0.4 is 0 Å². The fourth-order valence-corrected chi connectivity index (χ4v) is 2.82. The summed E-state index contributed by atoms with van der Waals surface area (Å²) in [7, 11) is 3.62. The largest absolute Gasteiger partial charge is 0.380 e. The Morgan fingerprint density at radius 3 is 2.85 bits per heavy atom. The first-order chi connectivity index (χ1) is 9.63. The molecule has 3 rings (SSSR count). The van der Waals surface area contributed by atoms with E-state index in [0.717, 1.165) is 28.1 Å². The molecule has 6 heteroatoms. The Labute approximate surface area is 121 Å². The van der Waals surface area contributed by atoms with Gasteiger partial charge in [0.2, 0.25) is 0 Å². The van der Waals surface area contributed by atoms with Crippen LogP contribution in [0.4, 0.5) is 0 Å². The van der Waals surface area contributed by atoms with E-state index >= 15 is 0 Å². The average Bonchev–Trinajstić information content (AvgIpc) is 2.89. The maximum atomic E-state index is 5.48. The standard InChI is InChI=1S/C14H16N4OS/c1-9-12-13(17(2)16-9)18(14(20)15-12)11-7-5-4-6-10(11)8-19-3/h4-7H,8H2,1-3H3,(H,15,20). The molecular weight excluding hydrogens is 272 g/mol. The zero-order valence-electron chi connectivity index (χ0n) is 11.7. The number of aromatic nitrogens is 4. The lowest BCUT2D eigenvalue weighted by molar-refractivity contribution is 0.185. The molecule has 5 nitrogen and oxygen atoms in total. The zero-order valence-corrected chi connectivity index (χ0v) is 12.5. The number of methoxy groups -OCH3 is 1. The molecule has 0 radical (unpaired) electrons. The zero-order chi connectivity index (χ0) is 14.3. The minimum atomic E-state index is 0.543. The molecule has 0 atom stereocenters. The van der Waals surface area contributed by atoms with Gasteiger partial charge in [-0.25, -0.2) is 4.68 Å². The molecule has 2 aromatic heterocycles. The molecule has 0 aliphatic rings. The number of aryl methyl sites for hydroxylation is 2. The van der Waals surface area contributed by atoms with Crippen LogP contribution in [0.1, 0.15) is 11.3 Å². The highest BCUT2D eigenvalue weighted by atomic mass is 32.1. The SMILES string of the molecule is COCc1ccccc1-n1c(=S)[nH]c2c(C)nn(C)c21. The Balaban J connectivity index is 2.35. The van der Waals surface area contributed by atoms with Crippen molar-refractivity contribution >= 4 is 23.4 Å². The number of nitrogens with zero attached hydrogens (tertiary/aromatic N) is 3. The van der Waals surface area contributed by atoms with Gasteiger partial charge in [-0.2, -0.15) is 5.10 Å². The number of H-pyrrole nitrogens is 1.